The minimum absolute atomic E-state index is 0.0477. The third-order valence-corrected chi connectivity index (χ3v) is 4.84. The van der Waals surface area contributed by atoms with Crippen molar-refractivity contribution in [2.75, 3.05) is 25.0 Å². The number of carbonyl (C=O) groups is 2. The molecule has 1 amide bonds. The van der Waals surface area contributed by atoms with E-state index in [1.807, 2.05) is 13.8 Å². The van der Waals surface area contributed by atoms with Crippen LogP contribution in [0.15, 0.2) is 23.7 Å². The maximum absolute atomic E-state index is 12.4. The van der Waals surface area contributed by atoms with Gasteiger partial charge in [0, 0.05) is 38.4 Å². The summed E-state index contributed by atoms with van der Waals surface area (Å²) in [5.41, 5.74) is 0.0979. The van der Waals surface area contributed by atoms with Crippen molar-refractivity contribution in [3.8, 4) is 0 Å². The number of hydrogen-bond donors (Lipinski definition) is 1. The molecule has 0 radical (unpaired) electrons. The summed E-state index contributed by atoms with van der Waals surface area (Å²) in [6.07, 6.45) is 2.46. The number of carboxylic acids is 1. The number of amides is 1. The van der Waals surface area contributed by atoms with E-state index in [4.69, 9.17) is 14.7 Å². The van der Waals surface area contributed by atoms with Gasteiger partial charge < -0.3 is 19.7 Å². The molecule has 3 heterocycles. The van der Waals surface area contributed by atoms with Gasteiger partial charge in [-0.1, -0.05) is 5.16 Å². The number of piperidine rings is 1. The third-order valence-electron chi connectivity index (χ3n) is 4.84. The van der Waals surface area contributed by atoms with Crippen molar-refractivity contribution < 1.29 is 32.7 Å². The summed E-state index contributed by atoms with van der Waals surface area (Å²) in [5.74, 6) is -1.96. The molecule has 0 bridgehead atoms. The van der Waals surface area contributed by atoms with E-state index in [0.29, 0.717) is 18.7 Å². The summed E-state index contributed by atoms with van der Waals surface area (Å²) < 4.78 is 31.7. The van der Waals surface area contributed by atoms with Crippen LogP contribution >= 0.6 is 0 Å². The van der Waals surface area contributed by atoms with Gasteiger partial charge in [-0.05, 0) is 26.7 Å². The van der Waals surface area contributed by atoms with Gasteiger partial charge in [-0.15, -0.1) is 0 Å². The second-order valence-electron chi connectivity index (χ2n) is 7.39. The summed E-state index contributed by atoms with van der Waals surface area (Å²) in [4.78, 5) is 39.4. The largest absolute Gasteiger partial charge is 0.490 e. The van der Waals surface area contributed by atoms with Crippen LogP contribution in [0.5, 0.6) is 0 Å². The standard InChI is InChI=1S/C16H23N5O2.C2HF3O2/c1-12(2)20(3)15(22)13-9-16(23-19-13)5-4-8-21(11-16)14-10-17-6-7-18-14;3-2(4,5)1(6)7/h6-7,10,12H,4-5,8-9,11H2,1-3H3;(H,6,7). The molecule has 3 rings (SSSR count). The number of nitrogens with zero attached hydrogens (tertiary/aromatic N) is 5. The third kappa shape index (κ3) is 5.80. The van der Waals surface area contributed by atoms with Crippen LogP contribution in [0.4, 0.5) is 19.0 Å². The molecule has 1 unspecified atom stereocenters. The molecule has 1 saturated heterocycles. The van der Waals surface area contributed by atoms with E-state index in [0.717, 1.165) is 25.2 Å². The summed E-state index contributed by atoms with van der Waals surface area (Å²) in [6.45, 7) is 5.57. The van der Waals surface area contributed by atoms with Gasteiger partial charge in [-0.25, -0.2) is 9.78 Å². The van der Waals surface area contributed by atoms with Gasteiger partial charge in [0.1, 0.15) is 11.5 Å². The molecule has 166 valence electrons. The molecule has 1 aromatic rings. The monoisotopic (exact) mass is 431 g/mol. The zero-order chi connectivity index (χ0) is 22.5. The average molecular weight is 431 g/mol. The molecule has 0 aromatic carbocycles. The van der Waals surface area contributed by atoms with Gasteiger partial charge in [0.25, 0.3) is 5.91 Å². The minimum Gasteiger partial charge on any atom is -0.475 e. The number of alkyl halides is 3. The van der Waals surface area contributed by atoms with Crippen LogP contribution in [0.2, 0.25) is 0 Å². The quantitative estimate of drug-likeness (QED) is 0.781. The van der Waals surface area contributed by atoms with E-state index < -0.39 is 17.7 Å². The highest BCUT2D eigenvalue weighted by Gasteiger charge is 2.45. The van der Waals surface area contributed by atoms with Crippen molar-refractivity contribution in [2.24, 2.45) is 5.16 Å². The van der Waals surface area contributed by atoms with Crippen LogP contribution < -0.4 is 4.90 Å². The van der Waals surface area contributed by atoms with Crippen LogP contribution in [0.25, 0.3) is 0 Å². The van der Waals surface area contributed by atoms with Crippen molar-refractivity contribution in [3.63, 3.8) is 0 Å². The van der Waals surface area contributed by atoms with Crippen LogP contribution in [-0.2, 0) is 14.4 Å². The molecule has 0 saturated carbocycles. The molecule has 1 N–H and O–H groups in total. The zero-order valence-corrected chi connectivity index (χ0v) is 16.9. The molecule has 1 fully saturated rings. The molecule has 0 aliphatic carbocycles. The second-order valence-corrected chi connectivity index (χ2v) is 7.39. The fraction of sp³-hybridized carbons (Fsp3) is 0.611. The van der Waals surface area contributed by atoms with E-state index in [1.165, 1.54) is 0 Å². The second kappa shape index (κ2) is 9.26. The number of aliphatic carboxylic acids is 1. The molecule has 2 aliphatic rings. The first kappa shape index (κ1) is 23.4. The normalized spacial score (nSPS) is 20.9. The molecule has 30 heavy (non-hydrogen) atoms. The summed E-state index contributed by atoms with van der Waals surface area (Å²) in [7, 11) is 1.80. The van der Waals surface area contributed by atoms with Gasteiger partial charge in [0.2, 0.25) is 0 Å². The minimum atomic E-state index is -5.08. The lowest BCUT2D eigenvalue weighted by molar-refractivity contribution is -0.192. The lowest BCUT2D eigenvalue weighted by Gasteiger charge is -2.38. The molecule has 1 aromatic heterocycles. The Kier molecular flexibility index (Phi) is 7.21. The molecular formula is C18H24F3N5O4. The van der Waals surface area contributed by atoms with Gasteiger partial charge >= 0.3 is 12.1 Å². The number of hydrogen-bond acceptors (Lipinski definition) is 7. The van der Waals surface area contributed by atoms with Crippen molar-refractivity contribution in [3.05, 3.63) is 18.6 Å². The molecule has 2 aliphatic heterocycles. The van der Waals surface area contributed by atoms with Gasteiger partial charge in [-0.2, -0.15) is 13.2 Å². The number of halogens is 3. The van der Waals surface area contributed by atoms with Crippen LogP contribution in [0, 0.1) is 0 Å². The molecule has 9 nitrogen and oxygen atoms in total. The summed E-state index contributed by atoms with van der Waals surface area (Å²) in [6, 6.07) is 0.143. The predicted octanol–water partition coefficient (Wildman–Crippen LogP) is 2.09. The van der Waals surface area contributed by atoms with Crippen LogP contribution in [0.3, 0.4) is 0 Å². The number of carboxylic acid groups (broad SMARTS) is 1. The number of oxime groups is 1. The highest BCUT2D eigenvalue weighted by molar-refractivity contribution is 6.39. The fourth-order valence-corrected chi connectivity index (χ4v) is 3.04. The summed E-state index contributed by atoms with van der Waals surface area (Å²) >= 11 is 0. The smallest absolute Gasteiger partial charge is 0.475 e. The van der Waals surface area contributed by atoms with E-state index in [2.05, 4.69) is 20.0 Å². The number of rotatable bonds is 3. The van der Waals surface area contributed by atoms with Crippen LogP contribution in [0.1, 0.15) is 33.1 Å². The first-order valence-corrected chi connectivity index (χ1v) is 9.28. The number of aromatic nitrogens is 2. The first-order chi connectivity index (χ1) is 13.9. The molecular weight excluding hydrogens is 407 g/mol. The molecule has 1 spiro atoms. The maximum Gasteiger partial charge on any atom is 0.490 e. The Bertz CT molecular complexity index is 788. The predicted molar refractivity (Wildman–Crippen MR) is 101 cm³/mol. The van der Waals surface area contributed by atoms with Crippen molar-refractivity contribution >= 4 is 23.4 Å². The van der Waals surface area contributed by atoms with Crippen LogP contribution in [-0.4, -0.2) is 75.5 Å². The molecule has 1 atom stereocenters. The highest BCUT2D eigenvalue weighted by Crippen LogP contribution is 2.35. The zero-order valence-electron chi connectivity index (χ0n) is 16.9. The lowest BCUT2D eigenvalue weighted by Crippen LogP contribution is -2.49. The van der Waals surface area contributed by atoms with Crippen molar-refractivity contribution in [2.45, 2.75) is 50.9 Å². The topological polar surface area (TPSA) is 108 Å². The van der Waals surface area contributed by atoms with Gasteiger partial charge in [0.15, 0.2) is 5.60 Å². The Morgan fingerprint density at radius 1 is 1.33 bits per heavy atom. The Hall–Kier alpha value is -2.92. The van der Waals surface area contributed by atoms with Gasteiger partial charge in [0.05, 0.1) is 12.7 Å². The number of anilines is 1. The lowest BCUT2D eigenvalue weighted by atomic mass is 9.88. The van der Waals surface area contributed by atoms with Gasteiger partial charge in [-0.3, -0.25) is 9.78 Å². The number of carbonyl (C=O) groups excluding carboxylic acids is 1. The Morgan fingerprint density at radius 3 is 2.53 bits per heavy atom. The van der Waals surface area contributed by atoms with Crippen molar-refractivity contribution in [1.82, 2.24) is 14.9 Å². The maximum atomic E-state index is 12.4. The SMILES string of the molecule is CC(C)N(C)C(=O)C1=NOC2(CCCN(c3cnccn3)C2)C1.O=C(O)C(F)(F)F. The van der Waals surface area contributed by atoms with E-state index in [-0.39, 0.29) is 11.9 Å². The van der Waals surface area contributed by atoms with E-state index in [1.54, 1.807) is 30.5 Å². The fourth-order valence-electron chi connectivity index (χ4n) is 3.04. The van der Waals surface area contributed by atoms with E-state index in [9.17, 15) is 18.0 Å². The summed E-state index contributed by atoms with van der Waals surface area (Å²) in [5, 5.41) is 11.2. The van der Waals surface area contributed by atoms with Crippen molar-refractivity contribution in [1.29, 1.82) is 0 Å². The highest BCUT2D eigenvalue weighted by atomic mass is 19.4. The Balaban J connectivity index is 0.000000396. The Morgan fingerprint density at radius 2 is 2.00 bits per heavy atom. The van der Waals surface area contributed by atoms with E-state index >= 15 is 0 Å². The Labute approximate surface area is 171 Å². The molecule has 12 heteroatoms. The first-order valence-electron chi connectivity index (χ1n) is 9.28. The average Bonchev–Trinajstić information content (AvgIpc) is 3.10.